The number of piperazine rings is 2. The maximum Gasteiger partial charge on any atom is 0.573 e. The highest BCUT2D eigenvalue weighted by atomic mass is 35.5. The number of aromatic nitrogens is 6. The van der Waals surface area contributed by atoms with Crippen molar-refractivity contribution in [2.45, 2.75) is 97.6 Å². The molecule has 2 aliphatic heterocycles. The van der Waals surface area contributed by atoms with Crippen LogP contribution < -0.4 is 29.9 Å². The molecule has 4 aromatic heterocycles. The van der Waals surface area contributed by atoms with Gasteiger partial charge in [-0.1, -0.05) is 82.8 Å². The molecule has 8 aromatic rings. The van der Waals surface area contributed by atoms with Gasteiger partial charge in [-0.25, -0.2) is 36.8 Å². The lowest BCUT2D eigenvalue weighted by atomic mass is 10.1. The molecule has 37 heteroatoms. The van der Waals surface area contributed by atoms with E-state index in [9.17, 15) is 79.1 Å². The van der Waals surface area contributed by atoms with Gasteiger partial charge in [-0.05, 0) is 108 Å². The van der Waals surface area contributed by atoms with Gasteiger partial charge < -0.3 is 29.9 Å². The summed E-state index contributed by atoms with van der Waals surface area (Å²) in [5.41, 5.74) is 2.38. The average molecular weight is 1410 g/mol. The highest BCUT2D eigenvalue weighted by molar-refractivity contribution is 7.89. The molecule has 12 rings (SSSR count). The summed E-state index contributed by atoms with van der Waals surface area (Å²) in [7, 11) is -8.38. The van der Waals surface area contributed by atoms with Gasteiger partial charge in [0.1, 0.15) is 28.3 Å². The number of amides is 2. The second-order valence-electron chi connectivity index (χ2n) is 21.5. The minimum Gasteiger partial charge on any atom is -0.406 e. The number of halogens is 13. The molecule has 494 valence electrons. The van der Waals surface area contributed by atoms with Crippen molar-refractivity contribution in [2.24, 2.45) is 0 Å². The van der Waals surface area contributed by atoms with Gasteiger partial charge >= 0.3 is 25.1 Å². The molecule has 0 spiro atoms. The predicted octanol–water partition coefficient (Wildman–Crippen LogP) is 10.8. The van der Waals surface area contributed by atoms with Crippen molar-refractivity contribution in [1.29, 1.82) is 0 Å². The maximum absolute atomic E-state index is 13.9. The van der Waals surface area contributed by atoms with Crippen LogP contribution in [0.4, 0.5) is 62.9 Å². The Bertz CT molecular complexity index is 4300. The molecule has 0 bridgehead atoms. The summed E-state index contributed by atoms with van der Waals surface area (Å²) < 4.78 is 220. The summed E-state index contributed by atoms with van der Waals surface area (Å²) in [6, 6.07) is 19.9. The lowest BCUT2D eigenvalue weighted by molar-refractivity contribution is -0.275. The van der Waals surface area contributed by atoms with Gasteiger partial charge in [-0.3, -0.25) is 9.59 Å². The first-order valence-corrected chi connectivity index (χ1v) is 32.8. The van der Waals surface area contributed by atoms with Gasteiger partial charge in [0.05, 0.1) is 20.7 Å². The van der Waals surface area contributed by atoms with Gasteiger partial charge in [0.15, 0.2) is 26.7 Å². The molecular formula is C56H47ClF12N12O8S4. The molecule has 0 radical (unpaired) electrons. The highest BCUT2D eigenvalue weighted by Crippen LogP contribution is 2.43. The monoisotopic (exact) mass is 1410 g/mol. The molecule has 4 fully saturated rings. The second-order valence-corrected chi connectivity index (χ2v) is 27.6. The van der Waals surface area contributed by atoms with E-state index < -0.39 is 97.3 Å². The van der Waals surface area contributed by atoms with E-state index in [1.165, 1.54) is 48.5 Å². The molecule has 2 N–H and O–H groups in total. The fourth-order valence-electron chi connectivity index (χ4n) is 10.1. The number of nitrogens with zero attached hydrogens (tertiary/aromatic N) is 10. The van der Waals surface area contributed by atoms with Crippen LogP contribution in [0.25, 0.3) is 20.7 Å². The Kier molecular flexibility index (Phi) is 18.5. The molecule has 4 aliphatic rings. The van der Waals surface area contributed by atoms with Crippen LogP contribution >= 0.6 is 34.3 Å². The number of alkyl halides is 12. The number of rotatable bonds is 16. The number of anilines is 2. The maximum atomic E-state index is 13.9. The van der Waals surface area contributed by atoms with Crippen LogP contribution in [0.2, 0.25) is 5.15 Å². The quantitative estimate of drug-likeness (QED) is 0.0676. The molecule has 0 unspecified atom stereocenters. The Morgan fingerprint density at radius 2 is 0.935 bits per heavy atom. The summed E-state index contributed by atoms with van der Waals surface area (Å²) in [4.78, 5) is 52.4. The molecule has 2 saturated heterocycles. The molecule has 2 atom stereocenters. The van der Waals surface area contributed by atoms with Crippen LogP contribution in [0.15, 0.2) is 113 Å². The molecule has 4 aromatic carbocycles. The van der Waals surface area contributed by atoms with E-state index in [1.807, 2.05) is 0 Å². The zero-order chi connectivity index (χ0) is 66.6. The molecule has 2 amide bonds. The number of carbonyl (C=O) groups is 2. The Morgan fingerprint density at radius 3 is 1.34 bits per heavy atom. The van der Waals surface area contributed by atoms with E-state index in [1.54, 1.807) is 34.1 Å². The molecule has 2 saturated carbocycles. The van der Waals surface area contributed by atoms with E-state index in [0.29, 0.717) is 23.0 Å². The predicted molar refractivity (Wildman–Crippen MR) is 312 cm³/mol. The molecule has 2 aliphatic carbocycles. The van der Waals surface area contributed by atoms with Crippen LogP contribution in [0, 0.1) is 0 Å². The Hall–Kier alpha value is -7.77. The lowest BCUT2D eigenvalue weighted by Crippen LogP contribution is -2.60. The van der Waals surface area contributed by atoms with Crippen LogP contribution in [-0.4, -0.2) is 131 Å². The summed E-state index contributed by atoms with van der Waals surface area (Å²) in [5.74, 6) is -4.34. The van der Waals surface area contributed by atoms with Gasteiger partial charge in [0, 0.05) is 52.4 Å². The second kappa shape index (κ2) is 25.9. The number of ether oxygens (including phenoxy) is 2. The third-order valence-corrected chi connectivity index (χ3v) is 21.4. The standard InChI is InChI=1S/C28H23ClF6N6O4S2.C28H24F6N6O4S2/c29-22-21-23(38-25(37-22)27(30,31)32)39-26(46-21)40-11-12-41(47(43,44)19-9-5-17(6-10-19)16-3-4-16)20(14-40)24(42)36-13-15-1-7-18(8-2-15)45-28(33,34)35;29-27(30,31)25-36-14-22-23(37-25)38-26(45-22)39-11-12-40(46(42,43)20-9-5-18(6-10-20)17-3-4-17)21(15-39)24(41)35-13-16-1-7-19(8-2-16)44-28(32,33)34/h1-2,5-10,16,20H,3-4,11-14H2,(H,36,42);1-2,5-10,14,17,21H,3-4,11-13,15H2,(H,35,41)/t20-;21-/m11/s1. The lowest BCUT2D eigenvalue weighted by Gasteiger charge is -2.39. The van der Waals surface area contributed by atoms with Crippen LogP contribution in [-0.2, 0) is 55.1 Å². The summed E-state index contributed by atoms with van der Waals surface area (Å²) in [6.45, 7) is -0.949. The smallest absolute Gasteiger partial charge is 0.406 e. The number of fused-ring (bicyclic) bond motifs is 2. The number of sulfonamides is 2. The van der Waals surface area contributed by atoms with Gasteiger partial charge in [0.25, 0.3) is 0 Å². The topological polar surface area (TPSA) is 235 Å². The highest BCUT2D eigenvalue weighted by Gasteiger charge is 2.44. The first kappa shape index (κ1) is 66.7. The number of carbonyl (C=O) groups excluding carboxylic acids is 2. The molecule has 93 heavy (non-hydrogen) atoms. The SMILES string of the molecule is O=C(NCc1ccc(OC(F)(F)F)cc1)[C@H]1CN(c2nc3nc(C(F)(F)F)nc(Cl)c3s2)CCN1S(=O)(=O)c1ccc(C2CC2)cc1.O=C(NCc1ccc(OC(F)(F)F)cc1)[C@H]1CN(c2nc3nc(C(F)(F)F)ncc3s2)CCN1S(=O)(=O)c1ccc(C2CC2)cc1. The molecule has 6 heterocycles. The van der Waals surface area contributed by atoms with E-state index in [-0.39, 0.29) is 93.1 Å². The number of benzene rings is 4. The summed E-state index contributed by atoms with van der Waals surface area (Å²) in [5, 5.41) is 5.21. The Balaban J connectivity index is 0.000000190. The van der Waals surface area contributed by atoms with Crippen molar-refractivity contribution < 1.29 is 88.6 Å². The molecular weight excluding hydrogens is 1360 g/mol. The first-order valence-electron chi connectivity index (χ1n) is 27.9. The van der Waals surface area contributed by atoms with E-state index >= 15 is 0 Å². The van der Waals surface area contributed by atoms with Crippen molar-refractivity contribution in [3.05, 3.63) is 142 Å². The number of hydrogen-bond donors (Lipinski definition) is 2. The number of hydrogen-bond acceptors (Lipinski definition) is 18. The minimum atomic E-state index is -4.88. The van der Waals surface area contributed by atoms with Gasteiger partial charge in [0.2, 0.25) is 43.5 Å². The zero-order valence-corrected chi connectivity index (χ0v) is 51.4. The summed E-state index contributed by atoms with van der Waals surface area (Å²) in [6.07, 6.45) is -14.3. The minimum absolute atomic E-state index is 0.00153. The van der Waals surface area contributed by atoms with Crippen molar-refractivity contribution in [2.75, 3.05) is 49.1 Å². The van der Waals surface area contributed by atoms with Crippen LogP contribution in [0.1, 0.15) is 71.4 Å². The summed E-state index contributed by atoms with van der Waals surface area (Å²) >= 11 is 7.90. The number of nitrogens with one attached hydrogen (secondary N) is 2. The van der Waals surface area contributed by atoms with Crippen molar-refractivity contribution in [1.82, 2.24) is 49.1 Å². The van der Waals surface area contributed by atoms with Crippen molar-refractivity contribution in [3.8, 4) is 11.5 Å². The van der Waals surface area contributed by atoms with Gasteiger partial charge in [-0.2, -0.15) is 44.9 Å². The Morgan fingerprint density at radius 1 is 0.527 bits per heavy atom. The largest absolute Gasteiger partial charge is 0.573 e. The average Bonchev–Trinajstić information content (AvgIpc) is 1.77. The first-order chi connectivity index (χ1) is 43.8. The number of thiazole rings is 2. The van der Waals surface area contributed by atoms with Gasteiger partial charge in [-0.15, -0.1) is 26.3 Å². The van der Waals surface area contributed by atoms with E-state index in [0.717, 1.165) is 98.6 Å². The van der Waals surface area contributed by atoms with E-state index in [4.69, 9.17) is 11.6 Å². The normalized spacial score (nSPS) is 18.1. The van der Waals surface area contributed by atoms with E-state index in [2.05, 4.69) is 50.0 Å². The van der Waals surface area contributed by atoms with Crippen molar-refractivity contribution in [3.63, 3.8) is 0 Å². The third-order valence-electron chi connectivity index (χ3n) is 15.0. The Labute approximate surface area is 532 Å². The van der Waals surface area contributed by atoms with Crippen molar-refractivity contribution >= 4 is 97.1 Å². The van der Waals surface area contributed by atoms with Crippen LogP contribution in [0.3, 0.4) is 0 Å². The third kappa shape index (κ3) is 15.9. The fraction of sp³-hybridized carbons (Fsp3) is 0.357. The molecule has 20 nitrogen and oxygen atoms in total. The van der Waals surface area contributed by atoms with Crippen LogP contribution in [0.5, 0.6) is 11.5 Å². The fourth-order valence-corrected chi connectivity index (χ4v) is 15.3. The zero-order valence-electron chi connectivity index (χ0n) is 47.4.